The molecule has 0 saturated heterocycles. The summed E-state index contributed by atoms with van der Waals surface area (Å²) in [6.45, 7) is 0. The van der Waals surface area contributed by atoms with Crippen LogP contribution in [0.4, 0.5) is 0 Å². The number of pyridine rings is 2. The van der Waals surface area contributed by atoms with E-state index in [1.165, 1.54) is 4.57 Å². The van der Waals surface area contributed by atoms with Gasteiger partial charge in [-0.1, -0.05) is 0 Å². The number of nitrogens with zero attached hydrogens (tertiary/aromatic N) is 2. The van der Waals surface area contributed by atoms with Gasteiger partial charge in [-0.3, -0.25) is 4.79 Å². The fraction of sp³-hybridized carbons (Fsp3) is 0.200. The molecule has 0 atom stereocenters. The monoisotopic (exact) mass is 190 g/mol. The molecule has 0 radical (unpaired) electrons. The van der Waals surface area contributed by atoms with Crippen LogP contribution in [0, 0.1) is 0 Å². The molecule has 0 saturated carbocycles. The zero-order chi connectivity index (χ0) is 10.1. The maximum absolute atomic E-state index is 11.6. The van der Waals surface area contributed by atoms with E-state index in [1.54, 1.807) is 32.6 Å². The molecule has 0 amide bonds. The smallest absolute Gasteiger partial charge is 0.276 e. The van der Waals surface area contributed by atoms with Gasteiger partial charge < -0.3 is 9.30 Å². The summed E-state index contributed by atoms with van der Waals surface area (Å²) in [7, 11) is 3.28. The van der Waals surface area contributed by atoms with Crippen molar-refractivity contribution >= 4 is 10.9 Å². The van der Waals surface area contributed by atoms with Gasteiger partial charge in [-0.2, -0.15) is 0 Å². The van der Waals surface area contributed by atoms with E-state index >= 15 is 0 Å². The molecule has 0 aliphatic carbocycles. The molecule has 0 aliphatic rings. The van der Waals surface area contributed by atoms with Gasteiger partial charge in [0.1, 0.15) is 11.3 Å². The lowest BCUT2D eigenvalue weighted by Gasteiger charge is -2.02. The normalized spacial score (nSPS) is 10.4. The first-order chi connectivity index (χ1) is 6.72. The summed E-state index contributed by atoms with van der Waals surface area (Å²) >= 11 is 0. The standard InChI is InChI=1S/C10H10N2O2/c1-12-4-3-7-5-8(14-2)6-11-9(7)10(12)13/h3-6H,1-2H3. The van der Waals surface area contributed by atoms with Crippen LogP contribution >= 0.6 is 0 Å². The summed E-state index contributed by atoms with van der Waals surface area (Å²) in [5.74, 6) is 0.658. The summed E-state index contributed by atoms with van der Waals surface area (Å²) in [5.41, 5.74) is 0.376. The molecule has 14 heavy (non-hydrogen) atoms. The summed E-state index contributed by atoms with van der Waals surface area (Å²) in [4.78, 5) is 15.6. The Morgan fingerprint density at radius 3 is 3.00 bits per heavy atom. The number of ether oxygens (including phenoxy) is 1. The minimum Gasteiger partial charge on any atom is -0.495 e. The Balaban J connectivity index is 2.81. The molecule has 0 aliphatic heterocycles. The van der Waals surface area contributed by atoms with Crippen LogP contribution in [-0.4, -0.2) is 16.7 Å². The van der Waals surface area contributed by atoms with Crippen molar-refractivity contribution in [2.24, 2.45) is 7.05 Å². The fourth-order valence-corrected chi connectivity index (χ4v) is 1.31. The largest absolute Gasteiger partial charge is 0.495 e. The Bertz CT molecular complexity index is 531. The van der Waals surface area contributed by atoms with Crippen molar-refractivity contribution in [3.63, 3.8) is 0 Å². The molecular formula is C10H10N2O2. The van der Waals surface area contributed by atoms with Crippen LogP contribution in [0.5, 0.6) is 5.75 Å². The number of hydrogen-bond donors (Lipinski definition) is 0. The van der Waals surface area contributed by atoms with Crippen molar-refractivity contribution in [2.75, 3.05) is 7.11 Å². The molecule has 72 valence electrons. The van der Waals surface area contributed by atoms with Crippen LogP contribution in [0.15, 0.2) is 29.3 Å². The quantitative estimate of drug-likeness (QED) is 0.672. The maximum Gasteiger partial charge on any atom is 0.276 e. The summed E-state index contributed by atoms with van der Waals surface area (Å²) < 4.78 is 6.52. The minimum atomic E-state index is -0.0925. The average Bonchev–Trinajstić information content (AvgIpc) is 2.23. The summed E-state index contributed by atoms with van der Waals surface area (Å²) in [6, 6.07) is 3.63. The Hall–Kier alpha value is -1.84. The van der Waals surface area contributed by atoms with E-state index in [0.29, 0.717) is 11.3 Å². The Kier molecular flexibility index (Phi) is 1.96. The first-order valence-electron chi connectivity index (χ1n) is 4.22. The number of fused-ring (bicyclic) bond motifs is 1. The lowest BCUT2D eigenvalue weighted by molar-refractivity contribution is 0.413. The summed E-state index contributed by atoms with van der Waals surface area (Å²) in [5, 5.41) is 0.799. The second-order valence-corrected chi connectivity index (χ2v) is 3.04. The van der Waals surface area contributed by atoms with Gasteiger partial charge in [0.05, 0.1) is 13.3 Å². The molecule has 2 aromatic rings. The summed E-state index contributed by atoms with van der Waals surface area (Å²) in [6.07, 6.45) is 3.26. The van der Waals surface area contributed by atoms with E-state index < -0.39 is 0 Å². The van der Waals surface area contributed by atoms with Gasteiger partial charge in [-0.05, 0) is 12.1 Å². The molecule has 0 spiro atoms. The fourth-order valence-electron chi connectivity index (χ4n) is 1.31. The SMILES string of the molecule is COc1cnc2c(=O)n(C)ccc2c1. The molecule has 4 heteroatoms. The highest BCUT2D eigenvalue weighted by molar-refractivity contribution is 5.78. The third kappa shape index (κ3) is 1.25. The predicted octanol–water partition coefficient (Wildman–Crippen LogP) is 0.942. The molecule has 0 fully saturated rings. The van der Waals surface area contributed by atoms with Gasteiger partial charge in [0.15, 0.2) is 0 Å². The van der Waals surface area contributed by atoms with E-state index in [4.69, 9.17) is 4.74 Å². The highest BCUT2D eigenvalue weighted by Crippen LogP contribution is 2.14. The van der Waals surface area contributed by atoms with Crippen molar-refractivity contribution < 1.29 is 4.74 Å². The average molecular weight is 190 g/mol. The van der Waals surface area contributed by atoms with E-state index in [-0.39, 0.29) is 5.56 Å². The number of rotatable bonds is 1. The maximum atomic E-state index is 11.6. The highest BCUT2D eigenvalue weighted by atomic mass is 16.5. The lowest BCUT2D eigenvalue weighted by atomic mass is 10.2. The van der Waals surface area contributed by atoms with Crippen LogP contribution in [-0.2, 0) is 7.05 Å². The van der Waals surface area contributed by atoms with Crippen LogP contribution in [0.1, 0.15) is 0 Å². The number of hydrogen-bond acceptors (Lipinski definition) is 3. The lowest BCUT2D eigenvalue weighted by Crippen LogP contribution is -2.16. The van der Waals surface area contributed by atoms with E-state index in [1.807, 2.05) is 6.07 Å². The molecule has 0 aromatic carbocycles. The first kappa shape index (κ1) is 8.74. The van der Waals surface area contributed by atoms with Crippen LogP contribution in [0.3, 0.4) is 0 Å². The molecule has 2 aromatic heterocycles. The van der Waals surface area contributed by atoms with Gasteiger partial charge in [-0.15, -0.1) is 0 Å². The minimum absolute atomic E-state index is 0.0925. The van der Waals surface area contributed by atoms with Crippen molar-refractivity contribution in [3.8, 4) is 5.75 Å². The zero-order valence-corrected chi connectivity index (χ0v) is 8.02. The molecule has 4 nitrogen and oxygen atoms in total. The van der Waals surface area contributed by atoms with Gasteiger partial charge >= 0.3 is 0 Å². The van der Waals surface area contributed by atoms with Crippen molar-refractivity contribution in [1.82, 2.24) is 9.55 Å². The van der Waals surface area contributed by atoms with Crippen molar-refractivity contribution in [1.29, 1.82) is 0 Å². The third-order valence-electron chi connectivity index (χ3n) is 2.13. The van der Waals surface area contributed by atoms with Gasteiger partial charge in [0.25, 0.3) is 5.56 Å². The Morgan fingerprint density at radius 1 is 1.50 bits per heavy atom. The second kappa shape index (κ2) is 3.14. The number of aromatic nitrogens is 2. The molecule has 0 unspecified atom stereocenters. The van der Waals surface area contributed by atoms with Gasteiger partial charge in [0, 0.05) is 18.6 Å². The van der Waals surface area contributed by atoms with Crippen LogP contribution in [0.2, 0.25) is 0 Å². The van der Waals surface area contributed by atoms with Gasteiger partial charge in [0.2, 0.25) is 0 Å². The van der Waals surface area contributed by atoms with E-state index in [9.17, 15) is 4.79 Å². The molecule has 0 bridgehead atoms. The van der Waals surface area contributed by atoms with E-state index in [0.717, 1.165) is 5.39 Å². The first-order valence-corrected chi connectivity index (χ1v) is 4.22. The number of methoxy groups -OCH3 is 1. The van der Waals surface area contributed by atoms with Crippen molar-refractivity contribution in [2.45, 2.75) is 0 Å². The van der Waals surface area contributed by atoms with Crippen LogP contribution < -0.4 is 10.3 Å². The molecular weight excluding hydrogens is 180 g/mol. The number of aryl methyl sites for hydroxylation is 1. The van der Waals surface area contributed by atoms with Crippen LogP contribution in [0.25, 0.3) is 10.9 Å². The second-order valence-electron chi connectivity index (χ2n) is 3.04. The van der Waals surface area contributed by atoms with Crippen molar-refractivity contribution in [3.05, 3.63) is 34.9 Å². The third-order valence-corrected chi connectivity index (χ3v) is 2.13. The highest BCUT2D eigenvalue weighted by Gasteiger charge is 2.02. The predicted molar refractivity (Wildman–Crippen MR) is 53.5 cm³/mol. The van der Waals surface area contributed by atoms with E-state index in [2.05, 4.69) is 4.98 Å². The zero-order valence-electron chi connectivity index (χ0n) is 8.02. The topological polar surface area (TPSA) is 44.1 Å². The Labute approximate surface area is 80.8 Å². The Morgan fingerprint density at radius 2 is 2.29 bits per heavy atom. The van der Waals surface area contributed by atoms with Gasteiger partial charge in [-0.25, -0.2) is 4.98 Å². The molecule has 2 rings (SSSR count). The molecule has 0 N–H and O–H groups in total. The molecule has 2 heterocycles.